The van der Waals surface area contributed by atoms with E-state index in [-0.39, 0.29) is 23.7 Å². The van der Waals surface area contributed by atoms with Crippen molar-refractivity contribution >= 4 is 45.0 Å². The monoisotopic (exact) mass is 432 g/mol. The lowest BCUT2D eigenvalue weighted by molar-refractivity contribution is 0.0914. The number of aromatic amines is 1. The maximum Gasteiger partial charge on any atom is 0.252 e. The molecule has 3 N–H and O–H groups in total. The Balaban J connectivity index is 1.40. The van der Waals surface area contributed by atoms with Gasteiger partial charge in [-0.1, -0.05) is 36.7 Å². The van der Waals surface area contributed by atoms with Crippen molar-refractivity contribution in [1.29, 1.82) is 0 Å². The Morgan fingerprint density at radius 2 is 1.90 bits per heavy atom. The van der Waals surface area contributed by atoms with E-state index in [2.05, 4.69) is 24.0 Å². The van der Waals surface area contributed by atoms with Gasteiger partial charge in [-0.3, -0.25) is 9.59 Å². The molecular weight excluding hydrogens is 412 g/mol. The number of H-pyrrole nitrogens is 1. The molecule has 0 saturated heterocycles. The Morgan fingerprint density at radius 3 is 2.65 bits per heavy atom. The van der Waals surface area contributed by atoms with E-state index < -0.39 is 5.91 Å². The van der Waals surface area contributed by atoms with Crippen LogP contribution in [0.5, 0.6) is 5.75 Å². The van der Waals surface area contributed by atoms with Crippen LogP contribution in [0.15, 0.2) is 54.7 Å². The number of nitrogens with two attached hydrogens (primary N) is 1. The van der Waals surface area contributed by atoms with Crippen molar-refractivity contribution in [3.63, 3.8) is 0 Å². The van der Waals surface area contributed by atoms with Crippen molar-refractivity contribution in [3.05, 3.63) is 76.4 Å². The first kappa shape index (κ1) is 19.6. The van der Waals surface area contributed by atoms with Crippen LogP contribution in [0.25, 0.3) is 21.7 Å². The Hall–Kier alpha value is -3.31. The van der Waals surface area contributed by atoms with Crippen molar-refractivity contribution in [2.45, 2.75) is 19.3 Å². The number of carbonyl (C=O) groups excluding carboxylic acids is 2. The third kappa shape index (κ3) is 3.66. The molecule has 1 amide bonds. The molecule has 3 aromatic carbocycles. The molecule has 156 valence electrons. The molecule has 0 radical (unpaired) electrons. The summed E-state index contributed by atoms with van der Waals surface area (Å²) in [5.41, 5.74) is 8.56. The molecule has 2 atom stereocenters. The first-order chi connectivity index (χ1) is 14.9. The first-order valence-electron chi connectivity index (χ1n) is 10.2. The van der Waals surface area contributed by atoms with Gasteiger partial charge in [-0.15, -0.1) is 0 Å². The fourth-order valence-corrected chi connectivity index (χ4v) is 4.35. The van der Waals surface area contributed by atoms with E-state index in [1.165, 1.54) is 12.0 Å². The largest absolute Gasteiger partial charge is 0.485 e. The standard InChI is InChI=1S/C25H21ClN2O3/c1-13-6-19(13)15-3-5-18-21(11-28-22(18)9-15)23(29)12-31-24-10-14-2-4-17(26)7-16(14)8-20(24)25(27)30/h2-5,7-11,13,19,28H,6,12H2,1H3,(H2,27,30)/t13-,19-/m1/s1. The van der Waals surface area contributed by atoms with Gasteiger partial charge in [0.05, 0.1) is 5.56 Å². The third-order valence-corrected chi connectivity index (χ3v) is 6.30. The summed E-state index contributed by atoms with van der Waals surface area (Å²) in [5.74, 6) is 0.814. The number of benzene rings is 3. The van der Waals surface area contributed by atoms with Gasteiger partial charge in [-0.25, -0.2) is 0 Å². The number of halogens is 1. The van der Waals surface area contributed by atoms with Crippen LogP contribution in [0, 0.1) is 5.92 Å². The molecule has 0 spiro atoms. The van der Waals surface area contributed by atoms with E-state index in [4.69, 9.17) is 22.1 Å². The number of ketones is 1. The molecule has 5 nitrogen and oxygen atoms in total. The molecule has 0 unspecified atom stereocenters. The minimum atomic E-state index is -0.627. The van der Waals surface area contributed by atoms with E-state index in [0.29, 0.717) is 16.5 Å². The van der Waals surface area contributed by atoms with Crippen LogP contribution in [-0.2, 0) is 0 Å². The summed E-state index contributed by atoms with van der Waals surface area (Å²) in [5, 5.41) is 3.04. The fourth-order valence-electron chi connectivity index (χ4n) is 4.17. The molecule has 31 heavy (non-hydrogen) atoms. The highest BCUT2D eigenvalue weighted by atomic mass is 35.5. The minimum absolute atomic E-state index is 0.176. The van der Waals surface area contributed by atoms with Crippen LogP contribution >= 0.6 is 11.6 Å². The van der Waals surface area contributed by atoms with E-state index >= 15 is 0 Å². The summed E-state index contributed by atoms with van der Waals surface area (Å²) in [7, 11) is 0. The fraction of sp³-hybridized carbons (Fsp3) is 0.200. The lowest BCUT2D eigenvalue weighted by Crippen LogP contribution is -2.16. The smallest absolute Gasteiger partial charge is 0.252 e. The molecule has 1 saturated carbocycles. The predicted octanol–water partition coefficient (Wildman–Crippen LogP) is 5.46. The summed E-state index contributed by atoms with van der Waals surface area (Å²) in [4.78, 5) is 28.0. The number of aromatic nitrogens is 1. The molecule has 1 heterocycles. The van der Waals surface area contributed by atoms with Crippen molar-refractivity contribution in [3.8, 4) is 5.75 Å². The minimum Gasteiger partial charge on any atom is -0.485 e. The molecule has 1 fully saturated rings. The van der Waals surface area contributed by atoms with Crippen molar-refractivity contribution in [2.24, 2.45) is 11.7 Å². The summed E-state index contributed by atoms with van der Waals surface area (Å²) >= 11 is 6.04. The summed E-state index contributed by atoms with van der Waals surface area (Å²) in [6, 6.07) is 14.9. The topological polar surface area (TPSA) is 85.2 Å². The number of carbonyl (C=O) groups is 2. The lowest BCUT2D eigenvalue weighted by atomic mass is 10.0. The zero-order chi connectivity index (χ0) is 21.7. The molecule has 5 rings (SSSR count). The van der Waals surface area contributed by atoms with Crippen LogP contribution in [-0.4, -0.2) is 23.3 Å². The Morgan fingerprint density at radius 1 is 1.10 bits per heavy atom. The van der Waals surface area contributed by atoms with Gasteiger partial charge >= 0.3 is 0 Å². The van der Waals surface area contributed by atoms with Gasteiger partial charge in [0.15, 0.2) is 6.61 Å². The van der Waals surface area contributed by atoms with Crippen LogP contribution < -0.4 is 10.5 Å². The molecule has 1 aromatic heterocycles. The SMILES string of the molecule is C[C@@H]1C[C@H]1c1ccc2c(C(=O)COc3cc4ccc(Cl)cc4cc3C(N)=O)c[nH]c2c1. The Labute approximate surface area is 184 Å². The third-order valence-electron chi connectivity index (χ3n) is 6.07. The number of Topliss-reactive ketones (excluding diaryl/α,β-unsaturated/α-hetero) is 1. The lowest BCUT2D eigenvalue weighted by Gasteiger charge is -2.11. The first-order valence-corrected chi connectivity index (χ1v) is 10.6. The van der Waals surface area contributed by atoms with Gasteiger partial charge < -0.3 is 15.5 Å². The second-order valence-electron chi connectivity index (χ2n) is 8.24. The molecule has 0 aliphatic heterocycles. The molecular formula is C25H21ClN2O3. The normalized spacial score (nSPS) is 17.7. The second kappa shape index (κ2) is 7.43. The highest BCUT2D eigenvalue weighted by Gasteiger charge is 2.34. The van der Waals surface area contributed by atoms with E-state index in [1.54, 1.807) is 30.5 Å². The van der Waals surface area contributed by atoms with Crippen molar-refractivity contribution < 1.29 is 14.3 Å². The number of rotatable bonds is 6. The quantitative estimate of drug-likeness (QED) is 0.397. The molecule has 4 aromatic rings. The van der Waals surface area contributed by atoms with Gasteiger partial charge in [-0.2, -0.15) is 0 Å². The van der Waals surface area contributed by atoms with Crippen LogP contribution in [0.3, 0.4) is 0 Å². The van der Waals surface area contributed by atoms with Crippen LogP contribution in [0.4, 0.5) is 0 Å². The number of amides is 1. The maximum atomic E-state index is 12.9. The van der Waals surface area contributed by atoms with Crippen LogP contribution in [0.2, 0.25) is 5.02 Å². The van der Waals surface area contributed by atoms with Gasteiger partial charge in [-0.05, 0) is 64.9 Å². The Kier molecular flexibility index (Phi) is 4.71. The zero-order valence-electron chi connectivity index (χ0n) is 16.9. The van der Waals surface area contributed by atoms with Gasteiger partial charge in [0.1, 0.15) is 5.75 Å². The van der Waals surface area contributed by atoms with E-state index in [9.17, 15) is 9.59 Å². The molecule has 1 aliphatic rings. The van der Waals surface area contributed by atoms with Gasteiger partial charge in [0.25, 0.3) is 5.91 Å². The number of nitrogens with one attached hydrogen (secondary N) is 1. The number of hydrogen-bond donors (Lipinski definition) is 2. The molecule has 0 bridgehead atoms. The highest BCUT2D eigenvalue weighted by molar-refractivity contribution is 6.31. The van der Waals surface area contributed by atoms with Gasteiger partial charge in [0.2, 0.25) is 5.78 Å². The molecule has 1 aliphatic carbocycles. The predicted molar refractivity (Wildman–Crippen MR) is 122 cm³/mol. The number of primary amides is 1. The number of hydrogen-bond acceptors (Lipinski definition) is 3. The van der Waals surface area contributed by atoms with Gasteiger partial charge in [0, 0.05) is 27.7 Å². The van der Waals surface area contributed by atoms with Crippen molar-refractivity contribution in [1.82, 2.24) is 4.98 Å². The number of fused-ring (bicyclic) bond motifs is 2. The Bertz CT molecular complexity index is 1360. The summed E-state index contributed by atoms with van der Waals surface area (Å²) in [6.07, 6.45) is 2.93. The van der Waals surface area contributed by atoms with Crippen molar-refractivity contribution in [2.75, 3.05) is 6.61 Å². The second-order valence-corrected chi connectivity index (χ2v) is 8.68. The van der Waals surface area contributed by atoms with E-state index in [1.807, 2.05) is 12.1 Å². The average Bonchev–Trinajstić information content (AvgIpc) is 3.33. The van der Waals surface area contributed by atoms with Crippen LogP contribution in [0.1, 0.15) is 45.5 Å². The molecule has 6 heteroatoms. The maximum absolute atomic E-state index is 12.9. The average molecular weight is 433 g/mol. The summed E-state index contributed by atoms with van der Waals surface area (Å²) < 4.78 is 5.76. The van der Waals surface area contributed by atoms with E-state index in [0.717, 1.165) is 27.6 Å². The number of ether oxygens (including phenoxy) is 1. The summed E-state index contributed by atoms with van der Waals surface area (Å²) in [6.45, 7) is 2.05. The zero-order valence-corrected chi connectivity index (χ0v) is 17.7. The highest BCUT2D eigenvalue weighted by Crippen LogP contribution is 2.47.